The van der Waals surface area contributed by atoms with Crippen LogP contribution in [-0.2, 0) is 12.0 Å². The van der Waals surface area contributed by atoms with Crippen molar-refractivity contribution in [3.05, 3.63) is 94.4 Å². The fourth-order valence-corrected chi connectivity index (χ4v) is 6.19. The van der Waals surface area contributed by atoms with Gasteiger partial charge in [-0.15, -0.1) is 0 Å². The highest BCUT2D eigenvalue weighted by Gasteiger charge is 2.34. The first-order chi connectivity index (χ1) is 19.5. The highest BCUT2D eigenvalue weighted by atomic mass is 35.5. The van der Waals surface area contributed by atoms with Gasteiger partial charge in [0, 0.05) is 42.7 Å². The number of piperidine rings is 2. The molecule has 0 bridgehead atoms. The molecular weight excluding hydrogens is 522 g/mol. The molecule has 7 nitrogen and oxygen atoms in total. The zero-order chi connectivity index (χ0) is 27.5. The van der Waals surface area contributed by atoms with Crippen molar-refractivity contribution in [2.45, 2.75) is 50.5 Å². The summed E-state index contributed by atoms with van der Waals surface area (Å²) in [6.45, 7) is 3.56. The molecule has 2 aliphatic heterocycles. The van der Waals surface area contributed by atoms with Gasteiger partial charge in [0.1, 0.15) is 0 Å². The predicted octanol–water partition coefficient (Wildman–Crippen LogP) is 5.42. The zero-order valence-corrected chi connectivity index (χ0v) is 23.5. The van der Waals surface area contributed by atoms with Crippen molar-refractivity contribution in [3.8, 4) is 0 Å². The molecule has 8 heteroatoms. The lowest BCUT2D eigenvalue weighted by Crippen LogP contribution is -2.42. The van der Waals surface area contributed by atoms with Crippen LogP contribution in [0, 0.1) is 5.92 Å². The second-order valence-corrected chi connectivity index (χ2v) is 11.7. The highest BCUT2D eigenvalue weighted by Crippen LogP contribution is 2.36. The number of carbonyl (C=O) groups excluding carboxylic acids is 1. The predicted molar refractivity (Wildman–Crippen MR) is 158 cm³/mol. The van der Waals surface area contributed by atoms with E-state index in [1.807, 2.05) is 65.3 Å². The molecule has 2 N–H and O–H groups in total. The molecule has 4 heterocycles. The average molecular weight is 558 g/mol. The van der Waals surface area contributed by atoms with Crippen LogP contribution in [0.5, 0.6) is 0 Å². The summed E-state index contributed by atoms with van der Waals surface area (Å²) in [7, 11) is 0. The van der Waals surface area contributed by atoms with Gasteiger partial charge in [-0.25, -0.2) is 9.50 Å². The van der Waals surface area contributed by atoms with Gasteiger partial charge >= 0.3 is 0 Å². The minimum absolute atomic E-state index is 0.220. The van der Waals surface area contributed by atoms with Gasteiger partial charge in [0.25, 0.3) is 0 Å². The number of aromatic nitrogens is 3. The molecule has 0 spiro atoms. The van der Waals surface area contributed by atoms with Gasteiger partial charge in [0.2, 0.25) is 0 Å². The number of anilines is 1. The van der Waals surface area contributed by atoms with Crippen molar-refractivity contribution < 1.29 is 9.90 Å². The summed E-state index contributed by atoms with van der Waals surface area (Å²) in [6, 6.07) is 19.5. The van der Waals surface area contributed by atoms with E-state index in [1.54, 1.807) is 0 Å². The SMILES string of the molecule is O=C(CCC1CCCNC1)c1ccc(Cc2nc3c(N4CCC(O)(c5ccc(Cl)cc5)CC4)cccn3n2)cc1. The van der Waals surface area contributed by atoms with Crippen molar-refractivity contribution in [2.75, 3.05) is 31.1 Å². The zero-order valence-electron chi connectivity index (χ0n) is 22.7. The summed E-state index contributed by atoms with van der Waals surface area (Å²) < 4.78 is 1.84. The van der Waals surface area contributed by atoms with Crippen LogP contribution in [0.15, 0.2) is 66.9 Å². The van der Waals surface area contributed by atoms with Crippen molar-refractivity contribution in [2.24, 2.45) is 5.92 Å². The fraction of sp³-hybridized carbons (Fsp3) is 0.406. The molecule has 2 aromatic heterocycles. The van der Waals surface area contributed by atoms with Gasteiger partial charge < -0.3 is 15.3 Å². The molecule has 0 saturated carbocycles. The minimum atomic E-state index is -0.856. The van der Waals surface area contributed by atoms with E-state index in [0.29, 0.717) is 49.7 Å². The molecule has 40 heavy (non-hydrogen) atoms. The quantitative estimate of drug-likeness (QED) is 0.281. The second kappa shape index (κ2) is 11.7. The van der Waals surface area contributed by atoms with Crippen LogP contribution in [0.1, 0.15) is 65.8 Å². The molecule has 1 atom stereocenters. The second-order valence-electron chi connectivity index (χ2n) is 11.3. The number of rotatable bonds is 8. The van der Waals surface area contributed by atoms with Gasteiger partial charge in [-0.05, 0) is 86.5 Å². The number of hydrogen-bond donors (Lipinski definition) is 2. The Morgan fingerprint density at radius 2 is 1.85 bits per heavy atom. The molecule has 1 unspecified atom stereocenters. The third-order valence-electron chi connectivity index (χ3n) is 8.52. The van der Waals surface area contributed by atoms with Crippen LogP contribution in [0.3, 0.4) is 0 Å². The molecule has 6 rings (SSSR count). The summed E-state index contributed by atoms with van der Waals surface area (Å²) in [5.74, 6) is 1.57. The number of hydrogen-bond acceptors (Lipinski definition) is 6. The van der Waals surface area contributed by atoms with Crippen LogP contribution in [-0.4, -0.2) is 51.7 Å². The molecule has 2 fully saturated rings. The van der Waals surface area contributed by atoms with E-state index in [4.69, 9.17) is 21.7 Å². The first-order valence-corrected chi connectivity index (χ1v) is 14.8. The number of Topliss-reactive ketones (excluding diaryl/α,β-unsaturated/α-hetero) is 1. The number of nitrogens with one attached hydrogen (secondary N) is 1. The Labute approximate surface area is 240 Å². The van der Waals surface area contributed by atoms with E-state index in [0.717, 1.165) is 53.4 Å². The maximum atomic E-state index is 12.7. The summed E-state index contributed by atoms with van der Waals surface area (Å²) in [6.07, 6.45) is 7.76. The third-order valence-corrected chi connectivity index (χ3v) is 8.77. The maximum absolute atomic E-state index is 12.7. The summed E-state index contributed by atoms with van der Waals surface area (Å²) >= 11 is 6.04. The molecule has 4 aromatic rings. The number of aliphatic hydroxyl groups is 1. The normalized spacial score (nSPS) is 19.1. The monoisotopic (exact) mass is 557 g/mol. The van der Waals surface area contributed by atoms with Crippen LogP contribution in [0.4, 0.5) is 5.69 Å². The lowest BCUT2D eigenvalue weighted by molar-refractivity contribution is 0.0118. The summed E-state index contributed by atoms with van der Waals surface area (Å²) in [5, 5.41) is 20.1. The topological polar surface area (TPSA) is 82.8 Å². The number of ketones is 1. The molecule has 2 aliphatic rings. The Morgan fingerprint density at radius 3 is 2.58 bits per heavy atom. The first kappa shape index (κ1) is 26.9. The third kappa shape index (κ3) is 5.92. The molecule has 0 radical (unpaired) electrons. The fourth-order valence-electron chi connectivity index (χ4n) is 6.07. The molecule has 2 aromatic carbocycles. The van der Waals surface area contributed by atoms with Gasteiger partial charge in [-0.2, -0.15) is 5.10 Å². The largest absolute Gasteiger partial charge is 0.385 e. The number of carbonyl (C=O) groups is 1. The first-order valence-electron chi connectivity index (χ1n) is 14.4. The highest BCUT2D eigenvalue weighted by molar-refractivity contribution is 6.30. The van der Waals surface area contributed by atoms with Crippen molar-refractivity contribution in [1.29, 1.82) is 0 Å². The number of fused-ring (bicyclic) bond motifs is 1. The lowest BCUT2D eigenvalue weighted by atomic mass is 9.84. The van der Waals surface area contributed by atoms with Crippen molar-refractivity contribution >= 4 is 28.7 Å². The van der Waals surface area contributed by atoms with Gasteiger partial charge in [0.15, 0.2) is 17.3 Å². The molecular formula is C32H36ClN5O2. The Hall–Kier alpha value is -3.26. The Bertz CT molecular complexity index is 1450. The Balaban J connectivity index is 1.10. The number of pyridine rings is 1. The molecule has 0 aliphatic carbocycles. The average Bonchev–Trinajstić information content (AvgIpc) is 3.40. The van der Waals surface area contributed by atoms with E-state index in [-0.39, 0.29) is 5.78 Å². The van der Waals surface area contributed by atoms with E-state index < -0.39 is 5.60 Å². The van der Waals surface area contributed by atoms with Crippen molar-refractivity contribution in [1.82, 2.24) is 19.9 Å². The standard InChI is InChI=1S/C32H36ClN5O2/c33-27-12-10-26(11-13-27)32(40)15-19-37(20-16-32)28-4-2-18-38-31(28)35-30(36-38)21-23-5-8-25(9-6-23)29(39)14-7-24-3-1-17-34-22-24/h2,4-6,8-13,18,24,34,40H,1,3,7,14-17,19-22H2. The van der Waals surface area contributed by atoms with E-state index in [2.05, 4.69) is 16.3 Å². The van der Waals surface area contributed by atoms with Gasteiger partial charge in [0.05, 0.1) is 11.3 Å². The van der Waals surface area contributed by atoms with E-state index >= 15 is 0 Å². The van der Waals surface area contributed by atoms with E-state index in [9.17, 15) is 9.90 Å². The minimum Gasteiger partial charge on any atom is -0.385 e. The van der Waals surface area contributed by atoms with Crippen molar-refractivity contribution in [3.63, 3.8) is 0 Å². The number of halogens is 1. The van der Waals surface area contributed by atoms with E-state index in [1.165, 1.54) is 12.8 Å². The number of benzene rings is 2. The summed E-state index contributed by atoms with van der Waals surface area (Å²) in [4.78, 5) is 19.9. The van der Waals surface area contributed by atoms with Crippen LogP contribution < -0.4 is 10.2 Å². The number of nitrogens with zero attached hydrogens (tertiary/aromatic N) is 4. The molecule has 2 saturated heterocycles. The van der Waals surface area contributed by atoms with Crippen LogP contribution in [0.2, 0.25) is 5.02 Å². The van der Waals surface area contributed by atoms with Crippen LogP contribution >= 0.6 is 11.6 Å². The van der Waals surface area contributed by atoms with Crippen LogP contribution in [0.25, 0.3) is 5.65 Å². The Morgan fingerprint density at radius 1 is 1.07 bits per heavy atom. The maximum Gasteiger partial charge on any atom is 0.178 e. The van der Waals surface area contributed by atoms with Gasteiger partial charge in [-0.3, -0.25) is 4.79 Å². The Kier molecular flexibility index (Phi) is 7.87. The van der Waals surface area contributed by atoms with Gasteiger partial charge in [-0.1, -0.05) is 48.0 Å². The lowest BCUT2D eigenvalue weighted by Gasteiger charge is -2.39. The summed E-state index contributed by atoms with van der Waals surface area (Å²) in [5.41, 5.74) is 3.75. The molecule has 0 amide bonds. The molecule has 208 valence electrons. The smallest absolute Gasteiger partial charge is 0.178 e.